The van der Waals surface area contributed by atoms with Crippen molar-refractivity contribution in [2.24, 2.45) is 5.92 Å². The molecule has 1 atom stereocenters. The van der Waals surface area contributed by atoms with Crippen molar-refractivity contribution in [2.75, 3.05) is 27.3 Å². The van der Waals surface area contributed by atoms with E-state index in [2.05, 4.69) is 20.4 Å². The number of hydrogen-bond acceptors (Lipinski definition) is 7. The Labute approximate surface area is 183 Å². The van der Waals surface area contributed by atoms with E-state index in [9.17, 15) is 4.79 Å². The van der Waals surface area contributed by atoms with Gasteiger partial charge in [-0.2, -0.15) is 4.98 Å². The molecule has 1 saturated carbocycles. The minimum atomic E-state index is 0.0314. The molecular weight excluding hydrogens is 396 g/mol. The van der Waals surface area contributed by atoms with Crippen molar-refractivity contribution in [3.05, 3.63) is 24.1 Å². The van der Waals surface area contributed by atoms with Crippen molar-refractivity contribution in [2.45, 2.75) is 57.5 Å². The van der Waals surface area contributed by atoms with Gasteiger partial charge in [0.15, 0.2) is 11.5 Å². The molecule has 1 aromatic carbocycles. The zero-order valence-corrected chi connectivity index (χ0v) is 18.4. The van der Waals surface area contributed by atoms with E-state index in [1.165, 1.54) is 19.3 Å². The Kier molecular flexibility index (Phi) is 7.06. The maximum absolute atomic E-state index is 12.8. The van der Waals surface area contributed by atoms with Gasteiger partial charge in [0.1, 0.15) is 0 Å². The fraction of sp³-hybridized carbons (Fsp3) is 0.609. The van der Waals surface area contributed by atoms with Crippen LogP contribution in [0.5, 0.6) is 11.5 Å². The lowest BCUT2D eigenvalue weighted by molar-refractivity contribution is -0.127. The fourth-order valence-corrected chi connectivity index (χ4v) is 4.58. The molecule has 0 spiro atoms. The standard InChI is InChI=1S/C23H32N4O4/c1-29-19-11-10-16(13-20(19)30-2)22-25-21(31-26-22)15-27-12-6-7-17(14-27)23(28)24-18-8-4-3-5-9-18/h10-11,13,17-18H,3-9,12,14-15H2,1-2H3,(H,24,28). The van der Waals surface area contributed by atoms with Crippen molar-refractivity contribution in [1.29, 1.82) is 0 Å². The predicted molar refractivity (Wildman–Crippen MR) is 116 cm³/mol. The molecule has 2 heterocycles. The number of aromatic nitrogens is 2. The first-order chi connectivity index (χ1) is 15.2. The van der Waals surface area contributed by atoms with Crippen LogP contribution in [-0.4, -0.2) is 54.3 Å². The third kappa shape index (κ3) is 5.36. The number of carbonyl (C=O) groups is 1. The van der Waals surface area contributed by atoms with Gasteiger partial charge in [0.05, 0.1) is 26.7 Å². The van der Waals surface area contributed by atoms with Gasteiger partial charge in [-0.1, -0.05) is 24.4 Å². The molecule has 31 heavy (non-hydrogen) atoms. The summed E-state index contributed by atoms with van der Waals surface area (Å²) < 4.78 is 16.1. The van der Waals surface area contributed by atoms with Crippen molar-refractivity contribution in [3.8, 4) is 22.9 Å². The Balaban J connectivity index is 1.35. The molecule has 8 heteroatoms. The highest BCUT2D eigenvalue weighted by Gasteiger charge is 2.28. The number of piperidine rings is 1. The smallest absolute Gasteiger partial charge is 0.241 e. The van der Waals surface area contributed by atoms with E-state index < -0.39 is 0 Å². The third-order valence-electron chi connectivity index (χ3n) is 6.30. The van der Waals surface area contributed by atoms with Crippen molar-refractivity contribution >= 4 is 5.91 Å². The molecular formula is C23H32N4O4. The normalized spacial score (nSPS) is 20.4. The maximum Gasteiger partial charge on any atom is 0.241 e. The molecule has 1 amide bonds. The second-order valence-corrected chi connectivity index (χ2v) is 8.50. The van der Waals surface area contributed by atoms with Gasteiger partial charge in [0.25, 0.3) is 0 Å². The first-order valence-electron chi connectivity index (χ1n) is 11.2. The minimum Gasteiger partial charge on any atom is -0.493 e. The average molecular weight is 429 g/mol. The summed E-state index contributed by atoms with van der Waals surface area (Å²) in [4.78, 5) is 19.5. The van der Waals surface area contributed by atoms with Crippen LogP contribution in [0.1, 0.15) is 50.8 Å². The second kappa shape index (κ2) is 10.1. The van der Waals surface area contributed by atoms with E-state index in [0.717, 1.165) is 44.3 Å². The molecule has 1 saturated heterocycles. The number of rotatable bonds is 7. The Morgan fingerprint density at radius 1 is 1.13 bits per heavy atom. The number of benzene rings is 1. The van der Waals surface area contributed by atoms with Crippen LogP contribution in [0.2, 0.25) is 0 Å². The third-order valence-corrected chi connectivity index (χ3v) is 6.30. The van der Waals surface area contributed by atoms with Crippen LogP contribution >= 0.6 is 0 Å². The van der Waals surface area contributed by atoms with Gasteiger partial charge >= 0.3 is 0 Å². The summed E-state index contributed by atoms with van der Waals surface area (Å²) in [6, 6.07) is 5.89. The summed E-state index contributed by atoms with van der Waals surface area (Å²) in [6.45, 7) is 2.21. The van der Waals surface area contributed by atoms with Crippen LogP contribution in [0.25, 0.3) is 11.4 Å². The molecule has 8 nitrogen and oxygen atoms in total. The Bertz CT molecular complexity index is 878. The molecule has 1 aromatic heterocycles. The summed E-state index contributed by atoms with van der Waals surface area (Å²) in [5, 5.41) is 7.41. The molecule has 1 aliphatic carbocycles. The van der Waals surface area contributed by atoms with Crippen LogP contribution in [0.15, 0.2) is 22.7 Å². The summed E-state index contributed by atoms with van der Waals surface area (Å²) in [6.07, 6.45) is 7.91. The first kappa shape index (κ1) is 21.6. The topological polar surface area (TPSA) is 89.7 Å². The monoisotopic (exact) mass is 428 g/mol. The first-order valence-corrected chi connectivity index (χ1v) is 11.2. The van der Waals surface area contributed by atoms with Gasteiger partial charge in [-0.15, -0.1) is 0 Å². The SMILES string of the molecule is COc1ccc(-c2noc(CN3CCCC(C(=O)NC4CCCCC4)C3)n2)cc1OC. The van der Waals surface area contributed by atoms with Crippen LogP contribution in [0.3, 0.4) is 0 Å². The van der Waals surface area contributed by atoms with E-state index in [1.807, 2.05) is 18.2 Å². The van der Waals surface area contributed by atoms with Gasteiger partial charge in [-0.3, -0.25) is 9.69 Å². The zero-order chi connectivity index (χ0) is 21.6. The van der Waals surface area contributed by atoms with Crippen LogP contribution in [0, 0.1) is 5.92 Å². The fourth-order valence-electron chi connectivity index (χ4n) is 4.58. The zero-order valence-electron chi connectivity index (χ0n) is 18.4. The summed E-state index contributed by atoms with van der Waals surface area (Å²) >= 11 is 0. The van der Waals surface area contributed by atoms with E-state index in [-0.39, 0.29) is 11.8 Å². The van der Waals surface area contributed by atoms with Crippen molar-refractivity contribution < 1.29 is 18.8 Å². The van der Waals surface area contributed by atoms with Gasteiger partial charge in [0, 0.05) is 18.2 Å². The molecule has 1 unspecified atom stereocenters. The highest BCUT2D eigenvalue weighted by Crippen LogP contribution is 2.31. The molecule has 2 fully saturated rings. The number of likely N-dealkylation sites (tertiary alicyclic amines) is 1. The van der Waals surface area contributed by atoms with Gasteiger partial charge in [-0.25, -0.2) is 0 Å². The summed E-state index contributed by atoms with van der Waals surface area (Å²) in [7, 11) is 3.20. The van der Waals surface area contributed by atoms with E-state index in [0.29, 0.717) is 35.8 Å². The number of nitrogens with one attached hydrogen (secondary N) is 1. The predicted octanol–water partition coefficient (Wildman–Crippen LogP) is 3.41. The molecule has 2 aromatic rings. The Morgan fingerprint density at radius 2 is 1.94 bits per heavy atom. The molecule has 4 rings (SSSR count). The van der Waals surface area contributed by atoms with Crippen LogP contribution in [0.4, 0.5) is 0 Å². The molecule has 2 aliphatic rings. The summed E-state index contributed by atoms with van der Waals surface area (Å²) in [5.41, 5.74) is 0.802. The van der Waals surface area contributed by atoms with Gasteiger partial charge < -0.3 is 19.3 Å². The average Bonchev–Trinajstić information content (AvgIpc) is 3.28. The Morgan fingerprint density at radius 3 is 2.71 bits per heavy atom. The molecule has 0 radical (unpaired) electrons. The lowest BCUT2D eigenvalue weighted by Crippen LogP contribution is -2.46. The minimum absolute atomic E-state index is 0.0314. The summed E-state index contributed by atoms with van der Waals surface area (Å²) in [5.74, 6) is 2.57. The lowest BCUT2D eigenvalue weighted by Gasteiger charge is -2.32. The van der Waals surface area contributed by atoms with Gasteiger partial charge in [0.2, 0.25) is 17.6 Å². The molecule has 1 N–H and O–H groups in total. The van der Waals surface area contributed by atoms with Crippen LogP contribution in [-0.2, 0) is 11.3 Å². The number of hydrogen-bond donors (Lipinski definition) is 1. The van der Waals surface area contributed by atoms with Crippen molar-refractivity contribution in [3.63, 3.8) is 0 Å². The van der Waals surface area contributed by atoms with E-state index in [4.69, 9.17) is 14.0 Å². The largest absolute Gasteiger partial charge is 0.493 e. The number of ether oxygens (including phenoxy) is 2. The number of carbonyl (C=O) groups excluding carboxylic acids is 1. The highest BCUT2D eigenvalue weighted by molar-refractivity contribution is 5.79. The van der Waals surface area contributed by atoms with Crippen molar-refractivity contribution in [1.82, 2.24) is 20.4 Å². The van der Waals surface area contributed by atoms with E-state index in [1.54, 1.807) is 14.2 Å². The Hall–Kier alpha value is -2.61. The number of amides is 1. The maximum atomic E-state index is 12.8. The second-order valence-electron chi connectivity index (χ2n) is 8.50. The van der Waals surface area contributed by atoms with E-state index >= 15 is 0 Å². The molecule has 1 aliphatic heterocycles. The quantitative estimate of drug-likeness (QED) is 0.723. The lowest BCUT2D eigenvalue weighted by atomic mass is 9.93. The molecule has 0 bridgehead atoms. The van der Waals surface area contributed by atoms with Gasteiger partial charge in [-0.05, 0) is 50.4 Å². The number of methoxy groups -OCH3 is 2. The number of nitrogens with zero attached hydrogens (tertiary/aromatic N) is 3. The molecule has 168 valence electrons. The van der Waals surface area contributed by atoms with Crippen LogP contribution < -0.4 is 14.8 Å². The highest BCUT2D eigenvalue weighted by atomic mass is 16.5.